The Bertz CT molecular complexity index is 290. The van der Waals surface area contributed by atoms with Crippen LogP contribution in [0.4, 0.5) is 0 Å². The van der Waals surface area contributed by atoms with Gasteiger partial charge in [-0.2, -0.15) is 0 Å². The number of hydrogen-bond acceptors (Lipinski definition) is 2. The first-order valence-electron chi connectivity index (χ1n) is 3.61. The summed E-state index contributed by atoms with van der Waals surface area (Å²) in [4.78, 5) is 13.0. The Balaban J connectivity index is 2.46. The summed E-state index contributed by atoms with van der Waals surface area (Å²) >= 11 is 0. The van der Waals surface area contributed by atoms with E-state index in [1.165, 1.54) is 0 Å². The molecule has 0 bridgehead atoms. The summed E-state index contributed by atoms with van der Waals surface area (Å²) in [6.45, 7) is 0.763. The van der Waals surface area contributed by atoms with Crippen molar-refractivity contribution in [2.45, 2.75) is 6.42 Å². The molecule has 1 aromatic heterocycles. The molecule has 3 heteroatoms. The standard InChI is InChI=1S/C8H9NO2/c1-9-4-2-7-6(8(9)10)3-5-11-7/h3,5H,2,4H2,1H3. The highest BCUT2D eigenvalue weighted by molar-refractivity contribution is 5.95. The summed E-state index contributed by atoms with van der Waals surface area (Å²) in [5.41, 5.74) is 0.721. The van der Waals surface area contributed by atoms with Crippen LogP contribution in [0.5, 0.6) is 0 Å². The number of furan rings is 1. The Kier molecular flexibility index (Phi) is 1.24. The molecule has 0 unspecified atom stereocenters. The number of likely N-dealkylation sites (N-methyl/N-ethyl adjacent to an activating group) is 1. The van der Waals surface area contributed by atoms with Crippen molar-refractivity contribution in [2.75, 3.05) is 13.6 Å². The minimum absolute atomic E-state index is 0.0694. The van der Waals surface area contributed by atoms with Gasteiger partial charge in [-0.25, -0.2) is 0 Å². The van der Waals surface area contributed by atoms with Crippen molar-refractivity contribution in [3.63, 3.8) is 0 Å². The van der Waals surface area contributed by atoms with E-state index in [0.717, 1.165) is 24.3 Å². The van der Waals surface area contributed by atoms with Gasteiger partial charge in [0.2, 0.25) is 0 Å². The summed E-state index contributed by atoms with van der Waals surface area (Å²) < 4.78 is 5.13. The van der Waals surface area contributed by atoms with E-state index in [9.17, 15) is 4.79 Å². The minimum atomic E-state index is 0.0694. The first-order valence-corrected chi connectivity index (χ1v) is 3.61. The van der Waals surface area contributed by atoms with Gasteiger partial charge in [0, 0.05) is 20.0 Å². The fraction of sp³-hybridized carbons (Fsp3) is 0.375. The van der Waals surface area contributed by atoms with Crippen LogP contribution >= 0.6 is 0 Å². The quantitative estimate of drug-likeness (QED) is 0.552. The fourth-order valence-electron chi connectivity index (χ4n) is 1.30. The smallest absolute Gasteiger partial charge is 0.257 e. The highest BCUT2D eigenvalue weighted by Crippen LogP contribution is 2.17. The first kappa shape index (κ1) is 6.46. The SMILES string of the molecule is CN1CCc2occc2C1=O. The van der Waals surface area contributed by atoms with Gasteiger partial charge in [0.05, 0.1) is 11.8 Å². The lowest BCUT2D eigenvalue weighted by Gasteiger charge is -2.20. The van der Waals surface area contributed by atoms with E-state index in [1.54, 1.807) is 24.3 Å². The van der Waals surface area contributed by atoms with Crippen LogP contribution in [-0.2, 0) is 6.42 Å². The molecule has 0 fully saturated rings. The molecule has 0 saturated heterocycles. The maximum atomic E-state index is 11.3. The van der Waals surface area contributed by atoms with Crippen molar-refractivity contribution < 1.29 is 9.21 Å². The lowest BCUT2D eigenvalue weighted by Crippen LogP contribution is -2.33. The predicted molar refractivity (Wildman–Crippen MR) is 39.4 cm³/mol. The molecule has 1 amide bonds. The van der Waals surface area contributed by atoms with Gasteiger partial charge in [-0.05, 0) is 6.07 Å². The molecule has 0 spiro atoms. The van der Waals surface area contributed by atoms with Crippen molar-refractivity contribution in [3.8, 4) is 0 Å². The first-order chi connectivity index (χ1) is 5.29. The average Bonchev–Trinajstić information content (AvgIpc) is 2.45. The Labute approximate surface area is 64.6 Å². The van der Waals surface area contributed by atoms with E-state index >= 15 is 0 Å². The van der Waals surface area contributed by atoms with Gasteiger partial charge in [0.1, 0.15) is 5.76 Å². The number of hydrogen-bond donors (Lipinski definition) is 0. The van der Waals surface area contributed by atoms with Gasteiger partial charge in [0.25, 0.3) is 5.91 Å². The van der Waals surface area contributed by atoms with Crippen LogP contribution in [0.25, 0.3) is 0 Å². The van der Waals surface area contributed by atoms with Crippen molar-refractivity contribution in [2.24, 2.45) is 0 Å². The normalized spacial score (nSPS) is 16.8. The molecular formula is C8H9NO2. The number of carbonyl (C=O) groups excluding carboxylic acids is 1. The van der Waals surface area contributed by atoms with Crippen LogP contribution in [0.1, 0.15) is 16.1 Å². The molecule has 58 valence electrons. The fourth-order valence-corrected chi connectivity index (χ4v) is 1.30. The molecule has 0 atom stereocenters. The topological polar surface area (TPSA) is 33.5 Å². The molecule has 0 aromatic carbocycles. The van der Waals surface area contributed by atoms with Crippen molar-refractivity contribution in [3.05, 3.63) is 23.7 Å². The molecule has 0 radical (unpaired) electrons. The second-order valence-corrected chi connectivity index (χ2v) is 2.73. The largest absolute Gasteiger partial charge is 0.468 e. The van der Waals surface area contributed by atoms with E-state index in [-0.39, 0.29) is 5.91 Å². The zero-order valence-electron chi connectivity index (χ0n) is 6.33. The van der Waals surface area contributed by atoms with Crippen LogP contribution in [0.15, 0.2) is 16.7 Å². The Morgan fingerprint density at radius 1 is 1.64 bits per heavy atom. The van der Waals surface area contributed by atoms with E-state index in [0.29, 0.717) is 0 Å². The second-order valence-electron chi connectivity index (χ2n) is 2.73. The van der Waals surface area contributed by atoms with Crippen molar-refractivity contribution >= 4 is 5.91 Å². The maximum absolute atomic E-state index is 11.3. The highest BCUT2D eigenvalue weighted by atomic mass is 16.3. The lowest BCUT2D eigenvalue weighted by molar-refractivity contribution is 0.0775. The monoisotopic (exact) mass is 151 g/mol. The molecule has 11 heavy (non-hydrogen) atoms. The molecule has 0 N–H and O–H groups in total. The summed E-state index contributed by atoms with van der Waals surface area (Å²) in [6, 6.07) is 1.73. The average molecular weight is 151 g/mol. The zero-order valence-corrected chi connectivity index (χ0v) is 6.33. The minimum Gasteiger partial charge on any atom is -0.468 e. The number of rotatable bonds is 0. The number of amides is 1. The van der Waals surface area contributed by atoms with Crippen LogP contribution in [0, 0.1) is 0 Å². The molecule has 1 aliphatic rings. The van der Waals surface area contributed by atoms with Gasteiger partial charge < -0.3 is 9.32 Å². The lowest BCUT2D eigenvalue weighted by atomic mass is 10.1. The van der Waals surface area contributed by atoms with E-state index in [2.05, 4.69) is 0 Å². The summed E-state index contributed by atoms with van der Waals surface area (Å²) in [7, 11) is 1.80. The molecule has 2 rings (SSSR count). The van der Waals surface area contributed by atoms with Crippen LogP contribution in [-0.4, -0.2) is 24.4 Å². The number of fused-ring (bicyclic) bond motifs is 1. The van der Waals surface area contributed by atoms with Crippen LogP contribution in [0.3, 0.4) is 0 Å². The van der Waals surface area contributed by atoms with Gasteiger partial charge >= 0.3 is 0 Å². The second kappa shape index (κ2) is 2.12. The third kappa shape index (κ3) is 0.843. The Morgan fingerprint density at radius 3 is 3.27 bits per heavy atom. The molecule has 2 heterocycles. The zero-order chi connectivity index (χ0) is 7.84. The van der Waals surface area contributed by atoms with Gasteiger partial charge in [-0.1, -0.05) is 0 Å². The van der Waals surface area contributed by atoms with E-state index < -0.39 is 0 Å². The Morgan fingerprint density at radius 2 is 2.45 bits per heavy atom. The molecule has 3 nitrogen and oxygen atoms in total. The molecule has 1 aliphatic heterocycles. The number of nitrogens with zero attached hydrogens (tertiary/aromatic N) is 1. The summed E-state index contributed by atoms with van der Waals surface area (Å²) in [5.74, 6) is 0.896. The molecule has 0 aliphatic carbocycles. The third-order valence-corrected chi connectivity index (χ3v) is 2.00. The highest BCUT2D eigenvalue weighted by Gasteiger charge is 2.23. The third-order valence-electron chi connectivity index (χ3n) is 2.00. The van der Waals surface area contributed by atoms with Crippen LogP contribution < -0.4 is 0 Å². The molecule has 1 aromatic rings. The number of carbonyl (C=O) groups is 1. The molecule has 0 saturated carbocycles. The van der Waals surface area contributed by atoms with Gasteiger partial charge in [0.15, 0.2) is 0 Å². The maximum Gasteiger partial charge on any atom is 0.257 e. The van der Waals surface area contributed by atoms with Crippen molar-refractivity contribution in [1.82, 2.24) is 4.90 Å². The van der Waals surface area contributed by atoms with E-state index in [1.807, 2.05) is 0 Å². The van der Waals surface area contributed by atoms with Gasteiger partial charge in [-0.3, -0.25) is 4.79 Å². The summed E-state index contributed by atoms with van der Waals surface area (Å²) in [5, 5.41) is 0. The van der Waals surface area contributed by atoms with Crippen molar-refractivity contribution in [1.29, 1.82) is 0 Å². The Hall–Kier alpha value is -1.25. The predicted octanol–water partition coefficient (Wildman–Crippen LogP) is 0.908. The van der Waals surface area contributed by atoms with Crippen LogP contribution in [0.2, 0.25) is 0 Å². The molecular weight excluding hydrogens is 142 g/mol. The van der Waals surface area contributed by atoms with Gasteiger partial charge in [-0.15, -0.1) is 0 Å². The van der Waals surface area contributed by atoms with E-state index in [4.69, 9.17) is 4.42 Å². The summed E-state index contributed by atoms with van der Waals surface area (Å²) in [6.07, 6.45) is 2.41.